The number of hydrogen-bond acceptors (Lipinski definition) is 8. The standard InChI is InChI=1S/C32H23Br2N7O4/c33-21-11-13-25-23(15-21)27(30(42)39(25)17-19-7-3-1-4-8-19)35-36-29-28(41(44)45)32(38-37-29)24-16-22(34)12-14-26(24)40(31(32)43)18-20-9-5-2-6-10-20/h1-16,35-36,42H,17-18H2/t32-/m1/s1. The summed E-state index contributed by atoms with van der Waals surface area (Å²) in [6, 6.07) is 29.8. The van der Waals surface area contributed by atoms with Crippen LogP contribution in [0.5, 0.6) is 5.88 Å². The third kappa shape index (κ3) is 4.75. The molecular formula is C32H23Br2N7O4. The van der Waals surface area contributed by atoms with Gasteiger partial charge in [0.25, 0.3) is 11.4 Å². The maximum absolute atomic E-state index is 14.2. The minimum Gasteiger partial charge on any atom is -0.493 e. The van der Waals surface area contributed by atoms with Crippen molar-refractivity contribution in [3.8, 4) is 5.88 Å². The van der Waals surface area contributed by atoms with Gasteiger partial charge in [-0.15, -0.1) is 5.11 Å². The number of anilines is 2. The Morgan fingerprint density at radius 2 is 1.51 bits per heavy atom. The van der Waals surface area contributed by atoms with Crippen molar-refractivity contribution < 1.29 is 14.8 Å². The highest BCUT2D eigenvalue weighted by Gasteiger charge is 2.64. The lowest BCUT2D eigenvalue weighted by Gasteiger charge is -2.19. The third-order valence-corrected chi connectivity index (χ3v) is 8.90. The first-order valence-corrected chi connectivity index (χ1v) is 15.4. The van der Waals surface area contributed by atoms with Gasteiger partial charge in [0, 0.05) is 19.9 Å². The van der Waals surface area contributed by atoms with Crippen LogP contribution >= 0.6 is 31.9 Å². The quantitative estimate of drug-likeness (QED) is 0.114. The zero-order valence-corrected chi connectivity index (χ0v) is 26.5. The number of hydrazine groups is 1. The van der Waals surface area contributed by atoms with Gasteiger partial charge < -0.3 is 14.6 Å². The first-order chi connectivity index (χ1) is 21.8. The molecule has 11 nitrogen and oxygen atoms in total. The van der Waals surface area contributed by atoms with Crippen LogP contribution in [-0.4, -0.2) is 20.5 Å². The molecule has 7 rings (SSSR count). The SMILES string of the molecule is O=C1N(Cc2ccccc2)c2ccc(Br)cc2[C@]12N=NC(NNc1c(O)n(Cc3ccccc3)c3ccc(Br)cc13)=C2[N+](=O)[O-]. The Morgan fingerprint density at radius 1 is 0.867 bits per heavy atom. The number of fused-ring (bicyclic) bond motifs is 3. The van der Waals surface area contributed by atoms with E-state index in [1.807, 2.05) is 78.9 Å². The molecule has 0 unspecified atom stereocenters. The van der Waals surface area contributed by atoms with Crippen molar-refractivity contribution in [2.75, 3.05) is 10.3 Å². The van der Waals surface area contributed by atoms with Crippen LogP contribution in [0, 0.1) is 10.1 Å². The van der Waals surface area contributed by atoms with Gasteiger partial charge in [0.15, 0.2) is 0 Å². The van der Waals surface area contributed by atoms with Crippen LogP contribution in [0.3, 0.4) is 0 Å². The molecule has 224 valence electrons. The molecule has 0 fully saturated rings. The molecule has 0 saturated heterocycles. The fourth-order valence-electron chi connectivity index (χ4n) is 5.88. The van der Waals surface area contributed by atoms with Crippen LogP contribution in [0.2, 0.25) is 0 Å². The molecule has 3 heterocycles. The monoisotopic (exact) mass is 727 g/mol. The van der Waals surface area contributed by atoms with E-state index in [1.165, 1.54) is 4.90 Å². The second-order valence-corrected chi connectivity index (χ2v) is 12.4. The van der Waals surface area contributed by atoms with E-state index in [4.69, 9.17) is 0 Å². The van der Waals surface area contributed by atoms with Gasteiger partial charge in [0.2, 0.25) is 11.7 Å². The van der Waals surface area contributed by atoms with Gasteiger partial charge in [-0.2, -0.15) is 5.11 Å². The van der Waals surface area contributed by atoms with E-state index < -0.39 is 22.1 Å². The second kappa shape index (κ2) is 11.2. The Kier molecular flexibility index (Phi) is 7.13. The molecule has 0 bridgehead atoms. The fourth-order valence-corrected chi connectivity index (χ4v) is 6.60. The lowest BCUT2D eigenvalue weighted by atomic mass is 9.89. The number of nitro groups is 1. The molecule has 2 aliphatic heterocycles. The normalized spacial score (nSPS) is 17.0. The van der Waals surface area contributed by atoms with Crippen molar-refractivity contribution in [1.82, 2.24) is 9.99 Å². The van der Waals surface area contributed by atoms with Crippen LogP contribution in [-0.2, 0) is 23.4 Å². The Hall–Kier alpha value is -5.01. The van der Waals surface area contributed by atoms with E-state index in [-0.39, 0.29) is 23.9 Å². The number of amides is 1. The maximum Gasteiger partial charge on any atom is 0.335 e. The van der Waals surface area contributed by atoms with E-state index in [1.54, 1.807) is 22.8 Å². The van der Waals surface area contributed by atoms with E-state index in [9.17, 15) is 20.0 Å². The molecule has 5 aromatic rings. The smallest absolute Gasteiger partial charge is 0.335 e. The largest absolute Gasteiger partial charge is 0.493 e. The Morgan fingerprint density at radius 3 is 2.20 bits per heavy atom. The van der Waals surface area contributed by atoms with Crippen molar-refractivity contribution >= 4 is 60.0 Å². The minimum atomic E-state index is -2.01. The number of rotatable bonds is 8. The van der Waals surface area contributed by atoms with E-state index in [0.717, 1.165) is 21.1 Å². The molecule has 45 heavy (non-hydrogen) atoms. The molecule has 1 atom stereocenters. The van der Waals surface area contributed by atoms with Gasteiger partial charge in [0.1, 0.15) is 5.69 Å². The highest BCUT2D eigenvalue weighted by Crippen LogP contribution is 2.52. The lowest BCUT2D eigenvalue weighted by molar-refractivity contribution is -0.434. The number of carbonyl (C=O) groups excluding carboxylic acids is 1. The summed E-state index contributed by atoms with van der Waals surface area (Å²) in [5.74, 6) is -0.926. The summed E-state index contributed by atoms with van der Waals surface area (Å²) in [5, 5.41) is 33.2. The van der Waals surface area contributed by atoms with Crippen molar-refractivity contribution in [3.63, 3.8) is 0 Å². The average molecular weight is 729 g/mol. The van der Waals surface area contributed by atoms with Gasteiger partial charge in [-0.05, 0) is 47.5 Å². The van der Waals surface area contributed by atoms with Crippen molar-refractivity contribution in [2.45, 2.75) is 18.6 Å². The van der Waals surface area contributed by atoms with Crippen LogP contribution in [0.4, 0.5) is 11.4 Å². The first kappa shape index (κ1) is 28.7. The zero-order valence-electron chi connectivity index (χ0n) is 23.3. The van der Waals surface area contributed by atoms with Crippen molar-refractivity contribution in [1.29, 1.82) is 0 Å². The number of carbonyl (C=O) groups is 1. The molecule has 0 radical (unpaired) electrons. The van der Waals surface area contributed by atoms with Gasteiger partial charge in [-0.3, -0.25) is 25.8 Å². The summed E-state index contributed by atoms with van der Waals surface area (Å²) in [4.78, 5) is 27.8. The highest BCUT2D eigenvalue weighted by molar-refractivity contribution is 9.10. The highest BCUT2D eigenvalue weighted by atomic mass is 79.9. The Labute approximate surface area is 273 Å². The molecule has 3 N–H and O–H groups in total. The van der Waals surface area contributed by atoms with Crippen LogP contribution < -0.4 is 15.8 Å². The fraction of sp³-hybridized carbons (Fsp3) is 0.0938. The molecule has 2 aliphatic rings. The van der Waals surface area contributed by atoms with E-state index in [0.29, 0.717) is 27.7 Å². The van der Waals surface area contributed by atoms with Gasteiger partial charge >= 0.3 is 5.70 Å². The zero-order chi connectivity index (χ0) is 31.3. The number of aromatic nitrogens is 1. The molecule has 4 aromatic carbocycles. The Bertz CT molecular complexity index is 2060. The second-order valence-electron chi connectivity index (χ2n) is 10.6. The number of azo groups is 1. The van der Waals surface area contributed by atoms with E-state index >= 15 is 0 Å². The van der Waals surface area contributed by atoms with Crippen molar-refractivity contribution in [2.24, 2.45) is 10.2 Å². The predicted octanol–water partition coefficient (Wildman–Crippen LogP) is 7.19. The van der Waals surface area contributed by atoms with Crippen LogP contribution in [0.15, 0.2) is 128 Å². The number of halogens is 2. The summed E-state index contributed by atoms with van der Waals surface area (Å²) in [6.07, 6.45) is 0. The van der Waals surface area contributed by atoms with Crippen LogP contribution in [0.1, 0.15) is 16.7 Å². The molecular weight excluding hydrogens is 706 g/mol. The predicted molar refractivity (Wildman–Crippen MR) is 176 cm³/mol. The topological polar surface area (TPSA) is 137 Å². The molecule has 1 spiro atoms. The molecule has 13 heteroatoms. The van der Waals surface area contributed by atoms with Gasteiger partial charge in [-0.1, -0.05) is 92.5 Å². The van der Waals surface area contributed by atoms with Gasteiger partial charge in [0.05, 0.1) is 29.2 Å². The van der Waals surface area contributed by atoms with Gasteiger partial charge in [-0.25, -0.2) is 0 Å². The average Bonchev–Trinajstić information content (AvgIpc) is 3.62. The number of aromatic hydroxyl groups is 1. The summed E-state index contributed by atoms with van der Waals surface area (Å²) in [5.41, 5.74) is 6.89. The van der Waals surface area contributed by atoms with E-state index in [2.05, 4.69) is 52.9 Å². The lowest BCUT2D eigenvalue weighted by Crippen LogP contribution is -2.41. The molecule has 1 aromatic heterocycles. The van der Waals surface area contributed by atoms with Crippen molar-refractivity contribution in [3.05, 3.63) is 144 Å². The Balaban J connectivity index is 1.28. The summed E-state index contributed by atoms with van der Waals surface area (Å²) in [6.45, 7) is 0.580. The number of hydrogen-bond donors (Lipinski definition) is 3. The number of benzene rings is 4. The number of nitrogens with zero attached hydrogens (tertiary/aromatic N) is 5. The maximum atomic E-state index is 14.2. The first-order valence-electron chi connectivity index (χ1n) is 13.8. The minimum absolute atomic E-state index is 0.0902. The molecule has 1 amide bonds. The number of nitrogens with one attached hydrogen (secondary N) is 2. The summed E-state index contributed by atoms with van der Waals surface area (Å²) >= 11 is 6.94. The molecule has 0 saturated carbocycles. The third-order valence-electron chi connectivity index (χ3n) is 7.91. The van der Waals surface area contributed by atoms with Crippen LogP contribution in [0.25, 0.3) is 10.9 Å². The molecule has 0 aliphatic carbocycles. The summed E-state index contributed by atoms with van der Waals surface area (Å²) < 4.78 is 3.14. The summed E-state index contributed by atoms with van der Waals surface area (Å²) in [7, 11) is 0.